The van der Waals surface area contributed by atoms with Gasteiger partial charge in [-0.3, -0.25) is 9.98 Å². The van der Waals surface area contributed by atoms with Crippen molar-refractivity contribution < 1.29 is 26.7 Å². The molecule has 0 fully saturated rings. The molecule has 2 N–H and O–H groups in total. The van der Waals surface area contributed by atoms with E-state index in [0.717, 1.165) is 92.1 Å². The zero-order valence-corrected chi connectivity index (χ0v) is 41.5. The molecule has 4 aromatic rings. The van der Waals surface area contributed by atoms with Gasteiger partial charge in [-0.15, -0.1) is 0 Å². The fourth-order valence-electron chi connectivity index (χ4n) is 8.69. The maximum Gasteiger partial charge on any atom is 0.127 e. The molecule has 0 saturated heterocycles. The number of rotatable bonds is 28. The van der Waals surface area contributed by atoms with Gasteiger partial charge in [-0.25, -0.2) is 0 Å². The molecule has 0 aromatic heterocycles. The SMILES string of the molecule is CCCCCCCCCCCC(=Nc1ccc(CC)c(CC)c1)C(CCCCCCCC)=Nc1ccc(CC)c(CC)c1.CCCc1cc(O)c2c(O)cc(CCC)cc2c1.[Ni]. The van der Waals surface area contributed by atoms with Crippen LogP contribution >= 0.6 is 0 Å². The second-order valence-electron chi connectivity index (χ2n) is 17.4. The van der Waals surface area contributed by atoms with Gasteiger partial charge >= 0.3 is 0 Å². The van der Waals surface area contributed by atoms with Crippen molar-refractivity contribution in [3.8, 4) is 11.5 Å². The summed E-state index contributed by atoms with van der Waals surface area (Å²) in [6.45, 7) is 17.9. The first-order valence-corrected chi connectivity index (χ1v) is 25.1. The molecule has 0 aliphatic carbocycles. The zero-order chi connectivity index (χ0) is 44.2. The number of fused-ring (bicyclic) bond motifs is 1. The normalized spacial score (nSPS) is 11.7. The topological polar surface area (TPSA) is 65.2 Å². The third-order valence-electron chi connectivity index (χ3n) is 12.3. The van der Waals surface area contributed by atoms with E-state index in [-0.39, 0.29) is 28.0 Å². The molecule has 0 radical (unpaired) electrons. The summed E-state index contributed by atoms with van der Waals surface area (Å²) in [5.74, 6) is 0.355. The molecule has 0 atom stereocenters. The van der Waals surface area contributed by atoms with E-state index >= 15 is 0 Å². The third-order valence-corrected chi connectivity index (χ3v) is 12.3. The van der Waals surface area contributed by atoms with Crippen LogP contribution in [0, 0.1) is 0 Å². The number of aliphatic imine (C=N–C) groups is 2. The van der Waals surface area contributed by atoms with Crippen molar-refractivity contribution in [2.45, 2.75) is 216 Å². The summed E-state index contributed by atoms with van der Waals surface area (Å²) in [6, 6.07) is 21.4. The van der Waals surface area contributed by atoms with Gasteiger partial charge in [0.15, 0.2) is 0 Å². The number of benzene rings is 4. The molecule has 0 bridgehead atoms. The molecule has 0 amide bonds. The summed E-state index contributed by atoms with van der Waals surface area (Å²) in [5.41, 5.74) is 12.7. The fraction of sp³-hybridized carbons (Fsp3) is 0.579. The second-order valence-corrected chi connectivity index (χ2v) is 17.4. The van der Waals surface area contributed by atoms with Gasteiger partial charge in [-0.1, -0.05) is 176 Å². The minimum atomic E-state index is 0. The number of hydrogen-bond acceptors (Lipinski definition) is 4. The van der Waals surface area contributed by atoms with E-state index in [1.165, 1.54) is 130 Å². The molecule has 0 heterocycles. The van der Waals surface area contributed by atoms with E-state index in [2.05, 4.69) is 104 Å². The minimum absolute atomic E-state index is 0. The molecule has 62 heavy (non-hydrogen) atoms. The van der Waals surface area contributed by atoms with Gasteiger partial charge in [0.25, 0.3) is 0 Å². The maximum absolute atomic E-state index is 10.0. The number of phenols is 2. The van der Waals surface area contributed by atoms with E-state index in [4.69, 9.17) is 9.98 Å². The van der Waals surface area contributed by atoms with Crippen LogP contribution in [0.25, 0.3) is 10.8 Å². The Morgan fingerprint density at radius 3 is 1.10 bits per heavy atom. The summed E-state index contributed by atoms with van der Waals surface area (Å²) in [5, 5.41) is 21.5. The molecular formula is C57H86N2NiO2. The molecule has 0 aliphatic heterocycles. The largest absolute Gasteiger partial charge is 0.507 e. The second kappa shape index (κ2) is 32.3. The Morgan fingerprint density at radius 2 is 0.758 bits per heavy atom. The maximum atomic E-state index is 10.0. The molecule has 4 nitrogen and oxygen atoms in total. The fourth-order valence-corrected chi connectivity index (χ4v) is 8.69. The van der Waals surface area contributed by atoms with Crippen LogP contribution in [-0.4, -0.2) is 21.6 Å². The van der Waals surface area contributed by atoms with Gasteiger partial charge in [-0.2, -0.15) is 0 Å². The summed E-state index contributed by atoms with van der Waals surface area (Å²) in [6.07, 6.45) is 30.2. The molecule has 0 unspecified atom stereocenters. The van der Waals surface area contributed by atoms with Crippen LogP contribution in [0.3, 0.4) is 0 Å². The van der Waals surface area contributed by atoms with Crippen LogP contribution in [0.5, 0.6) is 11.5 Å². The number of nitrogens with zero attached hydrogens (tertiary/aromatic N) is 2. The van der Waals surface area contributed by atoms with Gasteiger partial charge < -0.3 is 10.2 Å². The van der Waals surface area contributed by atoms with E-state index in [9.17, 15) is 10.2 Å². The molecular weight excluding hydrogens is 803 g/mol. The van der Waals surface area contributed by atoms with Crippen LogP contribution < -0.4 is 0 Å². The number of hydrogen-bond donors (Lipinski definition) is 2. The van der Waals surface area contributed by atoms with Crippen LogP contribution in [0.1, 0.15) is 211 Å². The predicted octanol–water partition coefficient (Wildman–Crippen LogP) is 17.6. The molecule has 346 valence electrons. The van der Waals surface area contributed by atoms with Gasteiger partial charge in [-0.05, 0) is 139 Å². The van der Waals surface area contributed by atoms with E-state index in [0.29, 0.717) is 5.39 Å². The smallest absolute Gasteiger partial charge is 0.127 e. The van der Waals surface area contributed by atoms with Crippen molar-refractivity contribution in [1.29, 1.82) is 0 Å². The average molecular weight is 890 g/mol. The van der Waals surface area contributed by atoms with Crippen molar-refractivity contribution in [2.75, 3.05) is 0 Å². The van der Waals surface area contributed by atoms with E-state index in [1.807, 2.05) is 0 Å². The van der Waals surface area contributed by atoms with Crippen molar-refractivity contribution in [1.82, 2.24) is 0 Å². The number of aryl methyl sites for hydroxylation is 6. The van der Waals surface area contributed by atoms with Gasteiger partial charge in [0.1, 0.15) is 11.5 Å². The molecule has 0 aliphatic rings. The number of aromatic hydroxyl groups is 2. The zero-order valence-electron chi connectivity index (χ0n) is 40.6. The molecule has 4 aromatic carbocycles. The first-order valence-electron chi connectivity index (χ1n) is 25.1. The molecule has 0 saturated carbocycles. The molecule has 0 spiro atoms. The summed E-state index contributed by atoms with van der Waals surface area (Å²) >= 11 is 0. The number of unbranched alkanes of at least 4 members (excludes halogenated alkanes) is 13. The van der Waals surface area contributed by atoms with Crippen LogP contribution in [0.4, 0.5) is 11.4 Å². The van der Waals surface area contributed by atoms with E-state index < -0.39 is 0 Å². The van der Waals surface area contributed by atoms with E-state index in [1.54, 1.807) is 12.1 Å². The van der Waals surface area contributed by atoms with Crippen LogP contribution in [-0.2, 0) is 55.0 Å². The van der Waals surface area contributed by atoms with Crippen LogP contribution in [0.2, 0.25) is 0 Å². The van der Waals surface area contributed by atoms with Crippen molar-refractivity contribution in [3.63, 3.8) is 0 Å². The standard InChI is InChI=1S/C41H66N2.C16H20O2.Ni/c1-7-13-15-17-19-20-21-23-25-27-41(43-39-31-29-35(10-4)37(12-6)33-39)40(26-24-22-18-16-14-8-2)42-38-30-28-34(9-3)36(11-5)32-38;1-3-5-11-7-13-8-12(6-4-2)10-15(18)16(13)14(17)9-11;/h28-33H,7-27H2,1-6H3;7-10,17-18H,3-6H2,1-2H3;. The van der Waals surface area contributed by atoms with Crippen molar-refractivity contribution >= 4 is 33.6 Å². The summed E-state index contributed by atoms with van der Waals surface area (Å²) in [4.78, 5) is 10.8. The van der Waals surface area contributed by atoms with Crippen molar-refractivity contribution in [3.05, 3.63) is 94.0 Å². The number of phenolic OH excluding ortho intramolecular Hbond substituents is 2. The first-order chi connectivity index (χ1) is 29.7. The Balaban J connectivity index is 0.000000577. The van der Waals surface area contributed by atoms with Crippen LogP contribution in [0.15, 0.2) is 70.6 Å². The molecule has 5 heteroatoms. The summed E-state index contributed by atoms with van der Waals surface area (Å²) < 4.78 is 0. The Labute approximate surface area is 389 Å². The quantitative estimate of drug-likeness (QED) is 0.0339. The predicted molar refractivity (Wildman–Crippen MR) is 270 cm³/mol. The van der Waals surface area contributed by atoms with Crippen molar-refractivity contribution in [2.24, 2.45) is 9.98 Å². The van der Waals surface area contributed by atoms with Gasteiger partial charge in [0.2, 0.25) is 0 Å². The Morgan fingerprint density at radius 1 is 0.403 bits per heavy atom. The van der Waals surface area contributed by atoms with Gasteiger partial charge in [0, 0.05) is 16.5 Å². The third kappa shape index (κ3) is 19.1. The molecule has 4 rings (SSSR count). The minimum Gasteiger partial charge on any atom is -0.507 e. The Kier molecular flexibility index (Phi) is 28.5. The average Bonchev–Trinajstić information content (AvgIpc) is 3.26. The Hall–Kier alpha value is -3.43. The monoisotopic (exact) mass is 889 g/mol. The first kappa shape index (κ1) is 54.7. The summed E-state index contributed by atoms with van der Waals surface area (Å²) in [7, 11) is 0. The van der Waals surface area contributed by atoms with Gasteiger partial charge in [0.05, 0.1) is 28.2 Å². The Bertz CT molecular complexity index is 1860.